The maximum absolute atomic E-state index is 5.41. The maximum atomic E-state index is 5.41. The Morgan fingerprint density at radius 3 is 3.10 bits per heavy atom. The summed E-state index contributed by atoms with van der Waals surface area (Å²) in [7, 11) is 0. The molecule has 2 N–H and O–H groups in total. The molecule has 6 nitrogen and oxygen atoms in total. The Morgan fingerprint density at radius 2 is 2.20 bits per heavy atom. The van der Waals surface area contributed by atoms with E-state index in [1.165, 1.54) is 6.42 Å². The summed E-state index contributed by atoms with van der Waals surface area (Å²) in [5.74, 6) is 1.61. The minimum atomic E-state index is 0.622. The highest BCUT2D eigenvalue weighted by molar-refractivity contribution is 5.71. The zero-order valence-electron chi connectivity index (χ0n) is 11.9. The van der Waals surface area contributed by atoms with Crippen LogP contribution in [0.5, 0.6) is 5.88 Å². The first-order chi connectivity index (χ1) is 9.85. The molecule has 0 atom stereocenters. The van der Waals surface area contributed by atoms with Crippen LogP contribution in [0.25, 0.3) is 11.2 Å². The molecule has 1 aliphatic heterocycles. The summed E-state index contributed by atoms with van der Waals surface area (Å²) in [6, 6.07) is 3.86. The number of aromatic nitrogens is 3. The van der Waals surface area contributed by atoms with Crippen molar-refractivity contribution >= 4 is 11.2 Å². The van der Waals surface area contributed by atoms with Gasteiger partial charge >= 0.3 is 0 Å². The van der Waals surface area contributed by atoms with Crippen molar-refractivity contribution in [2.75, 3.05) is 32.8 Å². The number of imidazole rings is 1. The SMILES string of the molecule is CCOc1ccc2[nH]c(CN3CCCNCC3)nc2n1. The van der Waals surface area contributed by atoms with Crippen molar-refractivity contribution in [1.29, 1.82) is 0 Å². The number of fused-ring (bicyclic) bond motifs is 1. The van der Waals surface area contributed by atoms with Crippen LogP contribution in [0.15, 0.2) is 12.1 Å². The number of nitrogens with one attached hydrogen (secondary N) is 2. The molecule has 1 aliphatic rings. The highest BCUT2D eigenvalue weighted by Crippen LogP contribution is 2.15. The topological polar surface area (TPSA) is 66.1 Å². The molecule has 0 aromatic carbocycles. The predicted molar refractivity (Wildman–Crippen MR) is 77.8 cm³/mol. The van der Waals surface area contributed by atoms with E-state index in [1.807, 2.05) is 19.1 Å². The van der Waals surface area contributed by atoms with Gasteiger partial charge in [0.05, 0.1) is 18.7 Å². The zero-order chi connectivity index (χ0) is 13.8. The van der Waals surface area contributed by atoms with Crippen molar-refractivity contribution in [2.45, 2.75) is 19.9 Å². The van der Waals surface area contributed by atoms with Gasteiger partial charge in [0.2, 0.25) is 5.88 Å². The van der Waals surface area contributed by atoms with Gasteiger partial charge in [0.15, 0.2) is 5.65 Å². The minimum Gasteiger partial charge on any atom is -0.478 e. The molecule has 2 aromatic rings. The van der Waals surface area contributed by atoms with Gasteiger partial charge in [-0.15, -0.1) is 0 Å². The molecule has 0 bridgehead atoms. The molecule has 0 aliphatic carbocycles. The minimum absolute atomic E-state index is 0.622. The Bertz CT molecular complexity index is 560. The Morgan fingerprint density at radius 1 is 1.25 bits per heavy atom. The third-order valence-electron chi connectivity index (χ3n) is 3.47. The smallest absolute Gasteiger partial charge is 0.215 e. The monoisotopic (exact) mass is 275 g/mol. The second kappa shape index (κ2) is 6.19. The van der Waals surface area contributed by atoms with E-state index in [-0.39, 0.29) is 0 Å². The first kappa shape index (κ1) is 13.3. The van der Waals surface area contributed by atoms with Crippen LogP contribution in [0.4, 0.5) is 0 Å². The molecule has 3 heterocycles. The fourth-order valence-corrected chi connectivity index (χ4v) is 2.50. The van der Waals surface area contributed by atoms with Crippen LogP contribution in [-0.2, 0) is 6.54 Å². The Labute approximate surface area is 118 Å². The van der Waals surface area contributed by atoms with Crippen molar-refractivity contribution in [3.8, 4) is 5.88 Å². The Balaban J connectivity index is 1.74. The van der Waals surface area contributed by atoms with Crippen LogP contribution < -0.4 is 10.1 Å². The highest BCUT2D eigenvalue weighted by atomic mass is 16.5. The van der Waals surface area contributed by atoms with E-state index in [2.05, 4.69) is 25.2 Å². The lowest BCUT2D eigenvalue weighted by molar-refractivity contribution is 0.278. The van der Waals surface area contributed by atoms with Crippen molar-refractivity contribution in [1.82, 2.24) is 25.2 Å². The van der Waals surface area contributed by atoms with Crippen LogP contribution in [0.3, 0.4) is 0 Å². The number of H-pyrrole nitrogens is 1. The summed E-state index contributed by atoms with van der Waals surface area (Å²) < 4.78 is 5.41. The van der Waals surface area contributed by atoms with Crippen molar-refractivity contribution in [3.05, 3.63) is 18.0 Å². The van der Waals surface area contributed by atoms with Gasteiger partial charge in [0, 0.05) is 19.2 Å². The van der Waals surface area contributed by atoms with Crippen molar-refractivity contribution < 1.29 is 4.74 Å². The lowest BCUT2D eigenvalue weighted by atomic mass is 10.4. The number of aromatic amines is 1. The summed E-state index contributed by atoms with van der Waals surface area (Å²) in [6.07, 6.45) is 1.19. The van der Waals surface area contributed by atoms with Gasteiger partial charge in [0.25, 0.3) is 0 Å². The Kier molecular flexibility index (Phi) is 4.13. The second-order valence-electron chi connectivity index (χ2n) is 5.02. The standard InChI is InChI=1S/C14H21N5O/c1-2-20-13-5-4-11-14(18-13)17-12(16-11)10-19-8-3-6-15-7-9-19/h4-5,15H,2-3,6-10H2,1H3,(H,16,17,18). The molecule has 20 heavy (non-hydrogen) atoms. The molecular weight excluding hydrogens is 254 g/mol. The summed E-state index contributed by atoms with van der Waals surface area (Å²) in [5, 5.41) is 3.41. The predicted octanol–water partition coefficient (Wildman–Crippen LogP) is 1.15. The van der Waals surface area contributed by atoms with Gasteiger partial charge in [-0.25, -0.2) is 4.98 Å². The largest absolute Gasteiger partial charge is 0.478 e. The fraction of sp³-hybridized carbons (Fsp3) is 0.571. The van der Waals surface area contributed by atoms with E-state index in [9.17, 15) is 0 Å². The van der Waals surface area contributed by atoms with Crippen LogP contribution in [0.1, 0.15) is 19.2 Å². The molecule has 0 radical (unpaired) electrons. The number of rotatable bonds is 4. The zero-order valence-corrected chi connectivity index (χ0v) is 11.9. The summed E-state index contributed by atoms with van der Waals surface area (Å²) in [6.45, 7) is 7.76. The van der Waals surface area contributed by atoms with E-state index in [0.717, 1.165) is 49.7 Å². The van der Waals surface area contributed by atoms with Gasteiger partial charge in [-0.3, -0.25) is 4.90 Å². The molecule has 0 unspecified atom stereocenters. The molecule has 3 rings (SSSR count). The number of hydrogen-bond acceptors (Lipinski definition) is 5. The number of pyridine rings is 1. The first-order valence-electron chi connectivity index (χ1n) is 7.26. The molecule has 1 fully saturated rings. The van der Waals surface area contributed by atoms with Crippen LogP contribution >= 0.6 is 0 Å². The summed E-state index contributed by atoms with van der Waals surface area (Å²) in [5.41, 5.74) is 1.70. The molecule has 1 saturated heterocycles. The third-order valence-corrected chi connectivity index (χ3v) is 3.47. The summed E-state index contributed by atoms with van der Waals surface area (Å²) in [4.78, 5) is 14.7. The molecule has 2 aromatic heterocycles. The van der Waals surface area contributed by atoms with Crippen molar-refractivity contribution in [3.63, 3.8) is 0 Å². The number of nitrogens with zero attached hydrogens (tertiary/aromatic N) is 3. The molecule has 0 amide bonds. The number of hydrogen-bond donors (Lipinski definition) is 2. The molecule has 6 heteroatoms. The van der Waals surface area contributed by atoms with E-state index in [0.29, 0.717) is 12.5 Å². The van der Waals surface area contributed by atoms with Crippen LogP contribution in [0.2, 0.25) is 0 Å². The van der Waals surface area contributed by atoms with Gasteiger partial charge in [0.1, 0.15) is 5.82 Å². The quantitative estimate of drug-likeness (QED) is 0.876. The lowest BCUT2D eigenvalue weighted by Crippen LogP contribution is -2.28. The van der Waals surface area contributed by atoms with Gasteiger partial charge < -0.3 is 15.0 Å². The normalized spacial score (nSPS) is 17.2. The maximum Gasteiger partial charge on any atom is 0.215 e. The lowest BCUT2D eigenvalue weighted by Gasteiger charge is -2.17. The van der Waals surface area contributed by atoms with Crippen LogP contribution in [0, 0.1) is 0 Å². The molecule has 0 saturated carbocycles. The first-order valence-corrected chi connectivity index (χ1v) is 7.26. The highest BCUT2D eigenvalue weighted by Gasteiger charge is 2.12. The fourth-order valence-electron chi connectivity index (χ4n) is 2.50. The Hall–Kier alpha value is -1.66. The molecule has 108 valence electrons. The van der Waals surface area contributed by atoms with Crippen LogP contribution in [-0.4, -0.2) is 52.6 Å². The average molecular weight is 275 g/mol. The van der Waals surface area contributed by atoms with Gasteiger partial charge in [-0.1, -0.05) is 0 Å². The van der Waals surface area contributed by atoms with E-state index >= 15 is 0 Å². The second-order valence-corrected chi connectivity index (χ2v) is 5.02. The average Bonchev–Trinajstić information content (AvgIpc) is 2.65. The number of ether oxygens (including phenoxy) is 1. The third kappa shape index (κ3) is 3.08. The summed E-state index contributed by atoms with van der Waals surface area (Å²) >= 11 is 0. The van der Waals surface area contributed by atoms with E-state index in [4.69, 9.17) is 4.74 Å². The van der Waals surface area contributed by atoms with E-state index < -0.39 is 0 Å². The molecule has 0 spiro atoms. The van der Waals surface area contributed by atoms with Gasteiger partial charge in [-0.05, 0) is 32.5 Å². The van der Waals surface area contributed by atoms with E-state index in [1.54, 1.807) is 0 Å². The van der Waals surface area contributed by atoms with Crippen molar-refractivity contribution in [2.24, 2.45) is 0 Å². The molecular formula is C14H21N5O. The van der Waals surface area contributed by atoms with Gasteiger partial charge in [-0.2, -0.15) is 4.98 Å².